The number of aromatic nitrogens is 2. The van der Waals surface area contributed by atoms with E-state index in [1.165, 1.54) is 12.1 Å². The molecule has 0 bridgehead atoms. The van der Waals surface area contributed by atoms with Gasteiger partial charge in [0.15, 0.2) is 0 Å². The Labute approximate surface area is 139 Å². The lowest BCUT2D eigenvalue weighted by Gasteiger charge is -2.18. The Morgan fingerprint density at radius 2 is 1.96 bits per heavy atom. The van der Waals surface area contributed by atoms with Crippen LogP contribution in [-0.2, 0) is 18.3 Å². The van der Waals surface area contributed by atoms with E-state index >= 15 is 0 Å². The van der Waals surface area contributed by atoms with Crippen molar-refractivity contribution in [3.05, 3.63) is 53.3 Å². The first kappa shape index (κ1) is 18.5. The Kier molecular flexibility index (Phi) is 5.35. The molecule has 0 spiro atoms. The minimum atomic E-state index is -4.41. The third-order valence-corrected chi connectivity index (χ3v) is 3.59. The average Bonchev–Trinajstić information content (AvgIpc) is 2.95. The SMILES string of the molecule is CC(C)(C)n1cc(CNC[C@@H](O)c2cccc(C(F)(F)F)c2)cn1. The monoisotopic (exact) mass is 341 g/mol. The highest BCUT2D eigenvalue weighted by Gasteiger charge is 2.30. The molecule has 0 saturated heterocycles. The molecular weight excluding hydrogens is 319 g/mol. The van der Waals surface area contributed by atoms with Gasteiger partial charge in [-0.1, -0.05) is 12.1 Å². The second-order valence-electron chi connectivity index (χ2n) is 6.73. The molecule has 1 aromatic heterocycles. The van der Waals surface area contributed by atoms with E-state index in [1.807, 2.05) is 31.6 Å². The molecule has 0 aliphatic rings. The summed E-state index contributed by atoms with van der Waals surface area (Å²) in [5, 5.41) is 17.4. The minimum absolute atomic E-state index is 0.115. The summed E-state index contributed by atoms with van der Waals surface area (Å²) in [5.41, 5.74) is 0.310. The Hall–Kier alpha value is -1.86. The van der Waals surface area contributed by atoms with Crippen molar-refractivity contribution in [3.63, 3.8) is 0 Å². The second-order valence-corrected chi connectivity index (χ2v) is 6.73. The average molecular weight is 341 g/mol. The molecular formula is C17H22F3N3O. The number of nitrogens with zero attached hydrogens (tertiary/aromatic N) is 2. The summed E-state index contributed by atoms with van der Waals surface area (Å²) in [5.74, 6) is 0. The molecule has 0 fully saturated rings. The van der Waals surface area contributed by atoms with Crippen molar-refractivity contribution in [2.75, 3.05) is 6.54 Å². The summed E-state index contributed by atoms with van der Waals surface area (Å²) in [6.07, 6.45) is -1.78. The van der Waals surface area contributed by atoms with Gasteiger partial charge in [0.1, 0.15) is 0 Å². The van der Waals surface area contributed by atoms with Crippen molar-refractivity contribution in [2.24, 2.45) is 0 Å². The maximum Gasteiger partial charge on any atom is 0.416 e. The largest absolute Gasteiger partial charge is 0.416 e. The zero-order valence-electron chi connectivity index (χ0n) is 13.9. The predicted octanol–water partition coefficient (Wildman–Crippen LogP) is 3.48. The first-order valence-corrected chi connectivity index (χ1v) is 7.67. The van der Waals surface area contributed by atoms with E-state index in [0.717, 1.165) is 17.7 Å². The van der Waals surface area contributed by atoms with Crippen molar-refractivity contribution in [2.45, 2.75) is 45.1 Å². The molecule has 1 heterocycles. The number of aliphatic hydroxyl groups is 1. The molecule has 2 N–H and O–H groups in total. The smallest absolute Gasteiger partial charge is 0.387 e. The number of alkyl halides is 3. The Bertz CT molecular complexity index is 674. The topological polar surface area (TPSA) is 50.1 Å². The summed E-state index contributed by atoms with van der Waals surface area (Å²) in [7, 11) is 0. The lowest BCUT2D eigenvalue weighted by Crippen LogP contribution is -2.23. The fourth-order valence-corrected chi connectivity index (χ4v) is 2.21. The third-order valence-electron chi connectivity index (χ3n) is 3.59. The molecule has 0 radical (unpaired) electrons. The fourth-order valence-electron chi connectivity index (χ4n) is 2.21. The maximum atomic E-state index is 12.7. The fraction of sp³-hybridized carbons (Fsp3) is 0.471. The molecule has 1 aromatic carbocycles. The van der Waals surface area contributed by atoms with E-state index in [-0.39, 0.29) is 17.6 Å². The van der Waals surface area contributed by atoms with Gasteiger partial charge in [0.2, 0.25) is 0 Å². The second kappa shape index (κ2) is 6.94. The van der Waals surface area contributed by atoms with Gasteiger partial charge in [0.25, 0.3) is 0 Å². The maximum absolute atomic E-state index is 12.7. The van der Waals surface area contributed by atoms with E-state index in [4.69, 9.17) is 0 Å². The standard InChI is InChI=1S/C17H22F3N3O/c1-16(2,3)23-11-12(9-22-23)8-21-10-15(24)13-5-4-6-14(7-13)17(18,19)20/h4-7,9,11,15,21,24H,8,10H2,1-3H3/t15-/m1/s1. The van der Waals surface area contributed by atoms with Gasteiger partial charge < -0.3 is 10.4 Å². The lowest BCUT2D eigenvalue weighted by atomic mass is 10.1. The molecule has 0 aliphatic carbocycles. The molecule has 7 heteroatoms. The van der Waals surface area contributed by atoms with Crippen LogP contribution in [0.2, 0.25) is 0 Å². The number of benzene rings is 1. The summed E-state index contributed by atoms with van der Waals surface area (Å²) < 4.78 is 39.9. The number of halogens is 3. The Balaban J connectivity index is 1.92. The normalized spacial score (nSPS) is 14.0. The van der Waals surface area contributed by atoms with E-state index in [0.29, 0.717) is 6.54 Å². The van der Waals surface area contributed by atoms with E-state index < -0.39 is 17.8 Å². The van der Waals surface area contributed by atoms with Gasteiger partial charge in [-0.05, 0) is 38.5 Å². The van der Waals surface area contributed by atoms with Crippen molar-refractivity contribution in [1.82, 2.24) is 15.1 Å². The van der Waals surface area contributed by atoms with Gasteiger partial charge in [-0.25, -0.2) is 0 Å². The molecule has 0 amide bonds. The molecule has 0 unspecified atom stereocenters. The van der Waals surface area contributed by atoms with Gasteiger partial charge >= 0.3 is 6.18 Å². The lowest BCUT2D eigenvalue weighted by molar-refractivity contribution is -0.137. The van der Waals surface area contributed by atoms with Crippen LogP contribution in [0.15, 0.2) is 36.7 Å². The minimum Gasteiger partial charge on any atom is -0.387 e. The number of nitrogens with one attached hydrogen (secondary N) is 1. The molecule has 0 saturated carbocycles. The molecule has 4 nitrogen and oxygen atoms in total. The first-order chi connectivity index (χ1) is 11.1. The van der Waals surface area contributed by atoms with Gasteiger partial charge in [-0.2, -0.15) is 18.3 Å². The van der Waals surface area contributed by atoms with Crippen molar-refractivity contribution < 1.29 is 18.3 Å². The van der Waals surface area contributed by atoms with Crippen LogP contribution < -0.4 is 5.32 Å². The van der Waals surface area contributed by atoms with Gasteiger partial charge in [0.05, 0.1) is 23.4 Å². The number of aliphatic hydroxyl groups excluding tert-OH is 1. The summed E-state index contributed by atoms with van der Waals surface area (Å²) >= 11 is 0. The van der Waals surface area contributed by atoms with Gasteiger partial charge in [-0.15, -0.1) is 0 Å². The van der Waals surface area contributed by atoms with Crippen molar-refractivity contribution in [1.29, 1.82) is 0 Å². The molecule has 24 heavy (non-hydrogen) atoms. The summed E-state index contributed by atoms with van der Waals surface area (Å²) in [4.78, 5) is 0. The van der Waals surface area contributed by atoms with Crippen LogP contribution in [0.1, 0.15) is 43.6 Å². The van der Waals surface area contributed by atoms with Crippen LogP contribution in [0, 0.1) is 0 Å². The van der Waals surface area contributed by atoms with Crippen LogP contribution in [0.3, 0.4) is 0 Å². The van der Waals surface area contributed by atoms with E-state index in [9.17, 15) is 18.3 Å². The van der Waals surface area contributed by atoms with Crippen LogP contribution in [0.25, 0.3) is 0 Å². The highest BCUT2D eigenvalue weighted by Crippen LogP contribution is 2.30. The molecule has 132 valence electrons. The molecule has 2 rings (SSSR count). The van der Waals surface area contributed by atoms with E-state index in [1.54, 1.807) is 6.20 Å². The number of rotatable bonds is 5. The zero-order valence-corrected chi connectivity index (χ0v) is 13.9. The number of hydrogen-bond donors (Lipinski definition) is 2. The third kappa shape index (κ3) is 4.82. The molecule has 2 aromatic rings. The van der Waals surface area contributed by atoms with Gasteiger partial charge in [0, 0.05) is 24.8 Å². The molecule has 1 atom stereocenters. The van der Waals surface area contributed by atoms with Crippen LogP contribution >= 0.6 is 0 Å². The molecule has 0 aliphatic heterocycles. The van der Waals surface area contributed by atoms with Crippen LogP contribution in [0.5, 0.6) is 0 Å². The van der Waals surface area contributed by atoms with Crippen molar-refractivity contribution in [3.8, 4) is 0 Å². The Morgan fingerprint density at radius 3 is 2.54 bits per heavy atom. The zero-order chi connectivity index (χ0) is 18.0. The highest BCUT2D eigenvalue weighted by molar-refractivity contribution is 5.27. The first-order valence-electron chi connectivity index (χ1n) is 7.67. The van der Waals surface area contributed by atoms with Crippen LogP contribution in [-0.4, -0.2) is 21.4 Å². The summed E-state index contributed by atoms with van der Waals surface area (Å²) in [6, 6.07) is 4.75. The van der Waals surface area contributed by atoms with Crippen LogP contribution in [0.4, 0.5) is 13.2 Å². The quantitative estimate of drug-likeness (QED) is 0.875. The summed E-state index contributed by atoms with van der Waals surface area (Å²) in [6.45, 7) is 6.74. The van der Waals surface area contributed by atoms with E-state index in [2.05, 4.69) is 10.4 Å². The predicted molar refractivity (Wildman–Crippen MR) is 85.3 cm³/mol. The number of hydrogen-bond acceptors (Lipinski definition) is 3. The van der Waals surface area contributed by atoms with Gasteiger partial charge in [-0.3, -0.25) is 4.68 Å². The Morgan fingerprint density at radius 1 is 1.25 bits per heavy atom. The highest BCUT2D eigenvalue weighted by atomic mass is 19.4. The van der Waals surface area contributed by atoms with Crippen molar-refractivity contribution >= 4 is 0 Å².